The molecule has 1 aromatic heterocycles. The van der Waals surface area contributed by atoms with Gasteiger partial charge in [0, 0.05) is 11.9 Å². The highest BCUT2D eigenvalue weighted by atomic mass is 35.5. The summed E-state index contributed by atoms with van der Waals surface area (Å²) in [6.45, 7) is 2.38. The Labute approximate surface area is 126 Å². The van der Waals surface area contributed by atoms with Crippen LogP contribution < -0.4 is 0 Å². The van der Waals surface area contributed by atoms with E-state index < -0.39 is 0 Å². The van der Waals surface area contributed by atoms with Crippen LogP contribution in [0.5, 0.6) is 0 Å². The summed E-state index contributed by atoms with van der Waals surface area (Å²) in [5.74, 6) is -0.286. The monoisotopic (exact) mass is 301 g/mol. The molecule has 0 aliphatic rings. The van der Waals surface area contributed by atoms with Crippen LogP contribution in [0.1, 0.15) is 21.5 Å². The Morgan fingerprint density at radius 1 is 1.24 bits per heavy atom. The van der Waals surface area contributed by atoms with E-state index in [4.69, 9.17) is 11.6 Å². The lowest BCUT2D eigenvalue weighted by molar-refractivity contribution is 0.112. The first-order valence-electron chi connectivity index (χ1n) is 6.58. The van der Waals surface area contributed by atoms with Crippen LogP contribution >= 0.6 is 11.6 Å². The molecule has 0 unspecified atom stereocenters. The summed E-state index contributed by atoms with van der Waals surface area (Å²) in [5, 5.41) is 1.21. The lowest BCUT2D eigenvalue weighted by atomic mass is 10.1. The normalized spacial score (nSPS) is 11.0. The molecule has 2 aromatic carbocycles. The van der Waals surface area contributed by atoms with Gasteiger partial charge in [-0.3, -0.25) is 4.79 Å². The van der Waals surface area contributed by atoms with Crippen LogP contribution in [0.15, 0.2) is 42.5 Å². The van der Waals surface area contributed by atoms with E-state index in [2.05, 4.69) is 0 Å². The quantitative estimate of drug-likeness (QED) is 0.648. The predicted molar refractivity (Wildman–Crippen MR) is 82.6 cm³/mol. The maximum atomic E-state index is 13.3. The van der Waals surface area contributed by atoms with Gasteiger partial charge in [0.1, 0.15) is 11.0 Å². The van der Waals surface area contributed by atoms with Crippen molar-refractivity contribution in [1.29, 1.82) is 0 Å². The van der Waals surface area contributed by atoms with E-state index >= 15 is 0 Å². The minimum Gasteiger partial charge on any atom is -0.327 e. The third kappa shape index (κ3) is 2.45. The Morgan fingerprint density at radius 3 is 2.76 bits per heavy atom. The number of halogens is 2. The average molecular weight is 302 g/mol. The maximum Gasteiger partial charge on any atom is 0.153 e. The van der Waals surface area contributed by atoms with E-state index in [1.54, 1.807) is 6.07 Å². The molecule has 0 spiro atoms. The van der Waals surface area contributed by atoms with Gasteiger partial charge in [0.2, 0.25) is 0 Å². The Bertz CT molecular complexity index is 838. The number of hydrogen-bond donors (Lipinski definition) is 0. The van der Waals surface area contributed by atoms with Gasteiger partial charge in [-0.15, -0.1) is 0 Å². The van der Waals surface area contributed by atoms with E-state index in [-0.39, 0.29) is 5.82 Å². The Kier molecular flexibility index (Phi) is 3.52. The van der Waals surface area contributed by atoms with Crippen LogP contribution in [0.3, 0.4) is 0 Å². The van der Waals surface area contributed by atoms with Gasteiger partial charge in [-0.2, -0.15) is 0 Å². The zero-order valence-corrected chi connectivity index (χ0v) is 12.2. The first-order valence-corrected chi connectivity index (χ1v) is 6.96. The van der Waals surface area contributed by atoms with Gasteiger partial charge in [-0.1, -0.05) is 35.4 Å². The molecule has 0 amide bonds. The average Bonchev–Trinajstić information content (AvgIpc) is 2.70. The number of carbonyl (C=O) groups excluding carboxylic acids is 1. The van der Waals surface area contributed by atoms with Crippen LogP contribution in [0.4, 0.5) is 4.39 Å². The second kappa shape index (κ2) is 5.34. The minimum absolute atomic E-state index is 0.286. The SMILES string of the molecule is Cc1ccc2c(c1)c(C=O)c(Cl)n2Cc1cccc(F)c1. The number of rotatable bonds is 3. The molecule has 0 fully saturated rings. The number of hydrogen-bond acceptors (Lipinski definition) is 1. The third-order valence-electron chi connectivity index (χ3n) is 3.54. The molecule has 1 heterocycles. The van der Waals surface area contributed by atoms with E-state index in [0.717, 1.165) is 28.3 Å². The molecule has 3 rings (SSSR count). The number of benzene rings is 2. The maximum absolute atomic E-state index is 13.3. The van der Waals surface area contributed by atoms with E-state index in [1.807, 2.05) is 35.8 Å². The smallest absolute Gasteiger partial charge is 0.153 e. The van der Waals surface area contributed by atoms with Crippen molar-refractivity contribution < 1.29 is 9.18 Å². The van der Waals surface area contributed by atoms with Crippen molar-refractivity contribution in [3.63, 3.8) is 0 Å². The molecular weight excluding hydrogens is 289 g/mol. The molecule has 0 bridgehead atoms. The molecule has 0 radical (unpaired) electrons. The lowest BCUT2D eigenvalue weighted by Crippen LogP contribution is -2.00. The Hall–Kier alpha value is -2.13. The molecule has 21 heavy (non-hydrogen) atoms. The summed E-state index contributed by atoms with van der Waals surface area (Å²) in [4.78, 5) is 11.3. The largest absolute Gasteiger partial charge is 0.327 e. The van der Waals surface area contributed by atoms with Crippen LogP contribution in [0.25, 0.3) is 10.9 Å². The van der Waals surface area contributed by atoms with Gasteiger partial charge >= 0.3 is 0 Å². The first kappa shape index (κ1) is 13.8. The topological polar surface area (TPSA) is 22.0 Å². The van der Waals surface area contributed by atoms with E-state index in [9.17, 15) is 9.18 Å². The van der Waals surface area contributed by atoms with Crippen molar-refractivity contribution in [3.05, 3.63) is 70.1 Å². The molecular formula is C17H13ClFNO. The van der Waals surface area contributed by atoms with Gasteiger partial charge in [-0.25, -0.2) is 4.39 Å². The number of fused-ring (bicyclic) bond motifs is 1. The van der Waals surface area contributed by atoms with Gasteiger partial charge in [0.25, 0.3) is 0 Å². The van der Waals surface area contributed by atoms with Crippen LogP contribution in [0, 0.1) is 12.7 Å². The van der Waals surface area contributed by atoms with Gasteiger partial charge < -0.3 is 4.57 Å². The summed E-state index contributed by atoms with van der Waals surface area (Å²) in [7, 11) is 0. The summed E-state index contributed by atoms with van der Waals surface area (Å²) in [6.07, 6.45) is 0.770. The zero-order valence-electron chi connectivity index (χ0n) is 11.4. The molecule has 106 valence electrons. The predicted octanol–water partition coefficient (Wildman–Crippen LogP) is 4.60. The number of aromatic nitrogens is 1. The van der Waals surface area contributed by atoms with Crippen molar-refractivity contribution in [3.8, 4) is 0 Å². The third-order valence-corrected chi connectivity index (χ3v) is 3.95. The Morgan fingerprint density at radius 2 is 2.05 bits per heavy atom. The Balaban J connectivity index is 2.18. The van der Waals surface area contributed by atoms with Gasteiger partial charge in [0.05, 0.1) is 11.1 Å². The fourth-order valence-corrected chi connectivity index (χ4v) is 2.84. The molecule has 4 heteroatoms. The molecule has 0 saturated heterocycles. The van der Waals surface area contributed by atoms with Gasteiger partial charge in [0.15, 0.2) is 6.29 Å². The number of aldehydes is 1. The number of nitrogens with zero attached hydrogens (tertiary/aromatic N) is 1. The molecule has 0 saturated carbocycles. The first-order chi connectivity index (χ1) is 10.1. The second-order valence-electron chi connectivity index (χ2n) is 5.06. The van der Waals surface area contributed by atoms with Crippen LogP contribution in [0.2, 0.25) is 5.15 Å². The molecule has 0 N–H and O–H groups in total. The standard InChI is InChI=1S/C17H13ClFNO/c1-11-5-6-16-14(7-11)15(10-21)17(18)20(16)9-12-3-2-4-13(19)8-12/h2-8,10H,9H2,1H3. The summed E-state index contributed by atoms with van der Waals surface area (Å²) in [6, 6.07) is 12.2. The highest BCUT2D eigenvalue weighted by Crippen LogP contribution is 2.30. The summed E-state index contributed by atoms with van der Waals surface area (Å²) >= 11 is 6.33. The van der Waals surface area contributed by atoms with Crippen molar-refractivity contribution in [2.75, 3.05) is 0 Å². The fourth-order valence-electron chi connectivity index (χ4n) is 2.55. The van der Waals surface area contributed by atoms with Crippen molar-refractivity contribution in [1.82, 2.24) is 4.57 Å². The van der Waals surface area contributed by atoms with Crippen molar-refractivity contribution in [2.45, 2.75) is 13.5 Å². The molecule has 0 atom stereocenters. The number of aryl methyl sites for hydroxylation is 1. The molecule has 0 aliphatic heterocycles. The molecule has 2 nitrogen and oxygen atoms in total. The second-order valence-corrected chi connectivity index (χ2v) is 5.42. The summed E-state index contributed by atoms with van der Waals surface area (Å²) in [5.41, 5.74) is 3.21. The zero-order chi connectivity index (χ0) is 15.0. The number of carbonyl (C=O) groups is 1. The molecule has 0 aliphatic carbocycles. The van der Waals surface area contributed by atoms with E-state index in [1.165, 1.54) is 12.1 Å². The van der Waals surface area contributed by atoms with Gasteiger partial charge in [-0.05, 0) is 36.8 Å². The van der Waals surface area contributed by atoms with Crippen LogP contribution in [-0.4, -0.2) is 10.9 Å². The summed E-state index contributed by atoms with van der Waals surface area (Å²) < 4.78 is 15.1. The minimum atomic E-state index is -0.286. The highest BCUT2D eigenvalue weighted by Gasteiger charge is 2.15. The van der Waals surface area contributed by atoms with Crippen LogP contribution in [-0.2, 0) is 6.54 Å². The molecule has 3 aromatic rings. The fraction of sp³-hybridized carbons (Fsp3) is 0.118. The van der Waals surface area contributed by atoms with Crippen molar-refractivity contribution >= 4 is 28.8 Å². The highest BCUT2D eigenvalue weighted by molar-refractivity contribution is 6.34. The van der Waals surface area contributed by atoms with E-state index in [0.29, 0.717) is 17.3 Å². The lowest BCUT2D eigenvalue weighted by Gasteiger charge is -2.07. The van der Waals surface area contributed by atoms with Crippen molar-refractivity contribution in [2.24, 2.45) is 0 Å².